The summed E-state index contributed by atoms with van der Waals surface area (Å²) in [5, 5.41) is 19.5. The van der Waals surface area contributed by atoms with Gasteiger partial charge in [-0.3, -0.25) is 0 Å². The van der Waals surface area contributed by atoms with Crippen LogP contribution in [0.3, 0.4) is 0 Å². The van der Waals surface area contributed by atoms with Crippen LogP contribution in [-0.2, 0) is 25.7 Å². The molecule has 0 atom stereocenters. The van der Waals surface area contributed by atoms with E-state index in [0.717, 1.165) is 59.1 Å². The lowest BCUT2D eigenvalue weighted by atomic mass is 9.98. The van der Waals surface area contributed by atoms with Crippen LogP contribution in [0, 0.1) is 34.3 Å². The third-order valence-electron chi connectivity index (χ3n) is 13.1. The summed E-state index contributed by atoms with van der Waals surface area (Å²) in [5.41, 5.74) is 5.52. The highest BCUT2D eigenvalue weighted by atomic mass is 19.1. The van der Waals surface area contributed by atoms with Gasteiger partial charge in [-0.15, -0.1) is 0 Å². The molecule has 2 heterocycles. The molecular formula is C60H70F2N6O. The van der Waals surface area contributed by atoms with Crippen molar-refractivity contribution in [2.75, 3.05) is 0 Å². The minimum absolute atomic E-state index is 0.105. The number of aromatic nitrogens is 4. The van der Waals surface area contributed by atoms with Crippen molar-refractivity contribution >= 4 is 0 Å². The third kappa shape index (κ3) is 16.4. The number of nitrogens with zero attached hydrogens (tertiary/aromatic N) is 6. The third-order valence-corrected chi connectivity index (χ3v) is 13.1. The lowest BCUT2D eigenvalue weighted by Crippen LogP contribution is -2.04. The first-order valence-electron chi connectivity index (χ1n) is 25.8. The summed E-state index contributed by atoms with van der Waals surface area (Å²) in [6.07, 6.45) is 35.7. The Hall–Kier alpha value is -6.32. The number of aryl methyl sites for hydroxylation is 2. The molecule has 0 radical (unpaired) electrons. The summed E-state index contributed by atoms with van der Waals surface area (Å²) in [6.45, 7) is 4.51. The van der Waals surface area contributed by atoms with E-state index in [1.165, 1.54) is 140 Å². The first kappa shape index (κ1) is 52.1. The largest absolute Gasteiger partial charge is 0.457 e. The van der Waals surface area contributed by atoms with Crippen molar-refractivity contribution in [2.45, 2.75) is 168 Å². The summed E-state index contributed by atoms with van der Waals surface area (Å²) in [6, 6.07) is 24.8. The molecule has 6 aromatic rings. The van der Waals surface area contributed by atoms with Gasteiger partial charge in [0.1, 0.15) is 35.3 Å². The molecule has 7 nitrogen and oxygen atoms in total. The van der Waals surface area contributed by atoms with E-state index < -0.39 is 11.6 Å². The van der Waals surface area contributed by atoms with Gasteiger partial charge in [0.05, 0.1) is 11.1 Å². The second kappa shape index (κ2) is 28.9. The van der Waals surface area contributed by atoms with E-state index in [0.29, 0.717) is 11.6 Å². The van der Waals surface area contributed by atoms with E-state index in [1.807, 2.05) is 85.5 Å². The molecule has 0 amide bonds. The average Bonchev–Trinajstić information content (AvgIpc) is 3.38. The fourth-order valence-electron chi connectivity index (χ4n) is 8.87. The van der Waals surface area contributed by atoms with Crippen molar-refractivity contribution in [2.24, 2.45) is 0 Å². The van der Waals surface area contributed by atoms with E-state index >= 15 is 8.78 Å². The summed E-state index contributed by atoms with van der Waals surface area (Å²) >= 11 is 0. The maximum atomic E-state index is 16.1. The number of unbranched alkanes of at least 4 members (excludes halogenated alkanes) is 18. The molecule has 0 saturated heterocycles. The first-order valence-corrected chi connectivity index (χ1v) is 25.8. The van der Waals surface area contributed by atoms with Crippen LogP contribution in [-0.4, -0.2) is 19.9 Å². The Morgan fingerprint density at radius 2 is 0.725 bits per heavy atom. The van der Waals surface area contributed by atoms with Gasteiger partial charge < -0.3 is 4.74 Å². The molecule has 0 aliphatic heterocycles. The molecule has 0 unspecified atom stereocenters. The number of halogens is 2. The Kier molecular flexibility index (Phi) is 21.8. The van der Waals surface area contributed by atoms with E-state index in [9.17, 15) is 10.5 Å². The standard InChI is InChI=1S/C60H70F2N6O/c1-3-5-7-9-11-13-15-17-19-21-23-47-41-65-59(66-42-47)49-29-25-45(26-30-49)37-53-55(35-33-51(39-63)57(53)61)69-56-36-34-52(40-64)58(62)54(56)38-46-27-31-50(32-28-46)60-67-43-48(44-68-60)24-22-20-18-16-14-12-10-8-6-4-2/h25-36,41-44H,3-24,37-38H2,1-2H3. The Morgan fingerprint density at radius 1 is 0.406 bits per heavy atom. The van der Waals surface area contributed by atoms with E-state index in [2.05, 4.69) is 33.8 Å². The SMILES string of the molecule is CCCCCCCCCCCCc1cnc(-c2ccc(Cc3c(Oc4ccc(C#N)c(F)c4Cc4ccc(-c5ncc(CCCCCCCCCCCC)cn5)cc4)ccc(C#N)c3F)cc2)nc1. The van der Waals surface area contributed by atoms with Crippen LogP contribution in [0.5, 0.6) is 11.5 Å². The van der Waals surface area contributed by atoms with Gasteiger partial charge in [0.2, 0.25) is 0 Å². The van der Waals surface area contributed by atoms with Gasteiger partial charge in [-0.05, 0) is 72.2 Å². The Bertz CT molecular complexity index is 2370. The van der Waals surface area contributed by atoms with Crippen molar-refractivity contribution in [1.82, 2.24) is 19.9 Å². The van der Waals surface area contributed by atoms with Crippen molar-refractivity contribution in [3.8, 4) is 46.4 Å². The van der Waals surface area contributed by atoms with Gasteiger partial charge >= 0.3 is 0 Å². The van der Waals surface area contributed by atoms with Gasteiger partial charge in [-0.25, -0.2) is 28.7 Å². The molecule has 0 N–H and O–H groups in total. The number of nitriles is 2. The van der Waals surface area contributed by atoms with E-state index in [4.69, 9.17) is 4.74 Å². The number of hydrogen-bond acceptors (Lipinski definition) is 7. The summed E-state index contributed by atoms with van der Waals surface area (Å²) in [5.74, 6) is 0.0911. The molecule has 0 fully saturated rings. The second-order valence-electron chi connectivity index (χ2n) is 18.6. The van der Waals surface area contributed by atoms with Crippen LogP contribution in [0.4, 0.5) is 8.78 Å². The predicted octanol–water partition coefficient (Wildman–Crippen LogP) is 16.5. The van der Waals surface area contributed by atoms with Crippen molar-refractivity contribution in [3.05, 3.63) is 154 Å². The zero-order valence-electron chi connectivity index (χ0n) is 41.1. The molecule has 2 aromatic heterocycles. The summed E-state index contributed by atoms with van der Waals surface area (Å²) in [7, 11) is 0. The number of ether oxygens (including phenoxy) is 1. The molecule has 6 rings (SSSR count). The fourth-order valence-corrected chi connectivity index (χ4v) is 8.87. The van der Waals surface area contributed by atoms with Crippen LogP contribution in [0.15, 0.2) is 97.6 Å². The second-order valence-corrected chi connectivity index (χ2v) is 18.6. The number of rotatable bonds is 30. The topological polar surface area (TPSA) is 108 Å². The molecule has 9 heteroatoms. The number of hydrogen-bond donors (Lipinski definition) is 0. The quantitative estimate of drug-likeness (QED) is 0.0414. The summed E-state index contributed by atoms with van der Waals surface area (Å²) in [4.78, 5) is 18.6. The minimum Gasteiger partial charge on any atom is -0.457 e. The van der Waals surface area contributed by atoms with Gasteiger partial charge in [0.25, 0.3) is 0 Å². The predicted molar refractivity (Wildman–Crippen MR) is 274 cm³/mol. The fraction of sp³-hybridized carbons (Fsp3) is 0.433. The normalized spacial score (nSPS) is 11.1. The highest BCUT2D eigenvalue weighted by Crippen LogP contribution is 2.36. The molecule has 0 bridgehead atoms. The van der Waals surface area contributed by atoms with Crippen molar-refractivity contribution in [1.29, 1.82) is 10.5 Å². The lowest BCUT2D eigenvalue weighted by Gasteiger charge is -2.17. The number of benzene rings is 4. The molecule has 0 aliphatic carbocycles. The molecule has 0 spiro atoms. The van der Waals surface area contributed by atoms with E-state index in [-0.39, 0.29) is 46.6 Å². The Labute approximate surface area is 410 Å². The Morgan fingerprint density at radius 3 is 1.04 bits per heavy atom. The smallest absolute Gasteiger partial charge is 0.159 e. The van der Waals surface area contributed by atoms with E-state index in [1.54, 1.807) is 0 Å². The van der Waals surface area contributed by atoms with Crippen molar-refractivity contribution < 1.29 is 13.5 Å². The zero-order chi connectivity index (χ0) is 48.5. The molecule has 4 aromatic carbocycles. The van der Waals surface area contributed by atoms with Gasteiger partial charge in [-0.1, -0.05) is 178 Å². The molecule has 0 saturated carbocycles. The molecule has 0 aliphatic rings. The maximum Gasteiger partial charge on any atom is 0.159 e. The van der Waals surface area contributed by atoms with Crippen LogP contribution in [0.25, 0.3) is 22.8 Å². The van der Waals surface area contributed by atoms with Crippen LogP contribution in [0.1, 0.15) is 187 Å². The van der Waals surface area contributed by atoms with Crippen molar-refractivity contribution in [3.63, 3.8) is 0 Å². The van der Waals surface area contributed by atoms with Gasteiger partial charge in [-0.2, -0.15) is 10.5 Å². The van der Waals surface area contributed by atoms with Gasteiger partial charge in [0.15, 0.2) is 11.6 Å². The molecular weight excluding hydrogens is 859 g/mol. The Balaban J connectivity index is 1.06. The highest BCUT2D eigenvalue weighted by Gasteiger charge is 2.21. The van der Waals surface area contributed by atoms with Crippen LogP contribution >= 0.6 is 0 Å². The highest BCUT2D eigenvalue weighted by molar-refractivity contribution is 5.58. The maximum absolute atomic E-state index is 16.1. The lowest BCUT2D eigenvalue weighted by molar-refractivity contribution is 0.456. The van der Waals surface area contributed by atoms with Gasteiger partial charge in [0, 0.05) is 59.9 Å². The zero-order valence-corrected chi connectivity index (χ0v) is 41.1. The first-order chi connectivity index (χ1) is 33.9. The van der Waals surface area contributed by atoms with Crippen LogP contribution in [0.2, 0.25) is 0 Å². The minimum atomic E-state index is -0.708. The molecule has 360 valence electrons. The monoisotopic (exact) mass is 929 g/mol. The summed E-state index contributed by atoms with van der Waals surface area (Å²) < 4.78 is 38.5. The average molecular weight is 929 g/mol. The van der Waals surface area contributed by atoms with Crippen LogP contribution < -0.4 is 4.74 Å². The molecule has 69 heavy (non-hydrogen) atoms.